The molecule has 0 aromatic heterocycles. The molecule has 3 saturated carbocycles. The summed E-state index contributed by atoms with van der Waals surface area (Å²) < 4.78 is 24.0. The molecule has 3 fully saturated rings. The molecule has 10 atom stereocenters. The van der Waals surface area contributed by atoms with E-state index in [0.717, 1.165) is 49.9 Å². The van der Waals surface area contributed by atoms with Gasteiger partial charge in [0.05, 0.1) is 6.61 Å². The molecule has 0 bridgehead atoms. The summed E-state index contributed by atoms with van der Waals surface area (Å²) in [4.78, 5) is 33.6. The maximum atomic E-state index is 13.3. The monoisotopic (exact) mass is 809 g/mol. The van der Waals surface area contributed by atoms with Crippen LogP contribution in [-0.4, -0.2) is 50.9 Å². The van der Waals surface area contributed by atoms with Gasteiger partial charge in [-0.3, -0.25) is 4.52 Å². The quantitative estimate of drug-likeness (QED) is 0.0366. The third-order valence-corrected chi connectivity index (χ3v) is 16.5. The summed E-state index contributed by atoms with van der Waals surface area (Å²) in [5.41, 5.74) is -0.874. The number of phosphoric ester groups is 1. The molecule has 0 aliphatic heterocycles. The standard InChI is InChI=1S/C47H85O8P/c1-7-8-9-10-11-12-13-14-15-16-17-18-19-20-32-54-43(34-48)47(44(49)50,55-56(51,52)53)38-28-30-45(5)37(33-38)24-25-39-41-27-26-40(36(4)23-21-22-35(2)3)46(41,6)31-29-42(39)45/h24,35-36,38-43,48H,7-23,25-34H2,1-6H3,(H,49,50)(H2,51,52,53)/t36-,38?,39?,40-,41?,42?,43?,45+,46-,47?/m1/s1. The number of unbranched alkanes of at least 4 members (excludes halogenated alkanes) is 13. The summed E-state index contributed by atoms with van der Waals surface area (Å²) >= 11 is 0. The number of carboxylic acid groups (broad SMARTS) is 1. The Hall–Kier alpha value is -0.760. The number of ether oxygens (including phenoxy) is 1. The number of fused-ring (bicyclic) bond motifs is 5. The number of rotatable bonds is 27. The molecule has 56 heavy (non-hydrogen) atoms. The molecule has 326 valence electrons. The molecule has 4 N–H and O–H groups in total. The Morgan fingerprint density at radius 1 is 0.839 bits per heavy atom. The molecule has 9 heteroatoms. The average molecular weight is 809 g/mol. The normalized spacial score (nSPS) is 31.2. The van der Waals surface area contributed by atoms with E-state index in [1.165, 1.54) is 115 Å². The number of aliphatic hydroxyl groups is 1. The lowest BCUT2D eigenvalue weighted by Crippen LogP contribution is -2.61. The van der Waals surface area contributed by atoms with E-state index >= 15 is 0 Å². The van der Waals surface area contributed by atoms with Crippen LogP contribution in [0.4, 0.5) is 0 Å². The van der Waals surface area contributed by atoms with Crippen molar-refractivity contribution in [2.45, 2.75) is 214 Å². The molecule has 6 unspecified atom stereocenters. The van der Waals surface area contributed by atoms with Crippen LogP contribution in [-0.2, 0) is 18.6 Å². The zero-order chi connectivity index (χ0) is 41.0. The SMILES string of the molecule is CCCCCCCCCCCCCCCCOC(CO)C(OP(=O)(O)O)(C(=O)O)C1CC[C@@]2(C)C(=CCC3C2CC[C@@]2(C)C3CC[C@@H]2[C@H](C)CCCC(C)C)C1. The summed E-state index contributed by atoms with van der Waals surface area (Å²) in [6, 6.07) is 0. The highest BCUT2D eigenvalue weighted by atomic mass is 31.2. The number of allylic oxidation sites excluding steroid dienone is 2. The minimum Gasteiger partial charge on any atom is -0.479 e. The van der Waals surface area contributed by atoms with Crippen LogP contribution in [0.3, 0.4) is 0 Å². The van der Waals surface area contributed by atoms with Crippen LogP contribution in [0, 0.1) is 52.3 Å². The Balaban J connectivity index is 1.35. The van der Waals surface area contributed by atoms with Crippen molar-refractivity contribution in [2.75, 3.05) is 13.2 Å². The maximum absolute atomic E-state index is 13.3. The summed E-state index contributed by atoms with van der Waals surface area (Å²) in [5.74, 6) is 1.89. The van der Waals surface area contributed by atoms with E-state index < -0.39 is 38.0 Å². The van der Waals surface area contributed by atoms with Crippen molar-refractivity contribution in [1.29, 1.82) is 0 Å². The lowest BCUT2D eigenvalue weighted by molar-refractivity contribution is -0.194. The first-order chi connectivity index (χ1) is 26.6. The van der Waals surface area contributed by atoms with Crippen molar-refractivity contribution in [3.63, 3.8) is 0 Å². The predicted molar refractivity (Wildman–Crippen MR) is 227 cm³/mol. The summed E-state index contributed by atoms with van der Waals surface area (Å²) in [7, 11) is -5.26. The van der Waals surface area contributed by atoms with E-state index in [1.54, 1.807) is 0 Å². The van der Waals surface area contributed by atoms with Crippen LogP contribution in [0.5, 0.6) is 0 Å². The first-order valence-electron chi connectivity index (χ1n) is 23.6. The largest absolute Gasteiger partial charge is 0.479 e. The lowest BCUT2D eigenvalue weighted by atomic mass is 9.46. The molecule has 4 aliphatic carbocycles. The first-order valence-corrected chi connectivity index (χ1v) is 25.1. The Morgan fingerprint density at radius 3 is 2.00 bits per heavy atom. The maximum Gasteiger partial charge on any atom is 0.470 e. The zero-order valence-corrected chi connectivity index (χ0v) is 37.6. The lowest BCUT2D eigenvalue weighted by Gasteiger charge is -2.59. The molecular formula is C47H85O8P. The van der Waals surface area contributed by atoms with Crippen molar-refractivity contribution in [2.24, 2.45) is 52.3 Å². The van der Waals surface area contributed by atoms with Gasteiger partial charge < -0.3 is 24.7 Å². The van der Waals surface area contributed by atoms with Crippen molar-refractivity contribution in [1.82, 2.24) is 0 Å². The van der Waals surface area contributed by atoms with Gasteiger partial charge in [0.2, 0.25) is 5.60 Å². The highest BCUT2D eigenvalue weighted by molar-refractivity contribution is 7.46. The van der Waals surface area contributed by atoms with E-state index in [-0.39, 0.29) is 12.0 Å². The van der Waals surface area contributed by atoms with E-state index in [1.807, 2.05) is 0 Å². The number of carbonyl (C=O) groups is 1. The Labute approximate surface area is 342 Å². The molecular weight excluding hydrogens is 723 g/mol. The Kier molecular flexibility index (Phi) is 19.0. The van der Waals surface area contributed by atoms with E-state index in [0.29, 0.717) is 42.4 Å². The van der Waals surface area contributed by atoms with Gasteiger partial charge in [-0.15, -0.1) is 0 Å². The second kappa shape index (κ2) is 22.2. The number of carboxylic acids is 1. The van der Waals surface area contributed by atoms with Crippen molar-refractivity contribution in [3.05, 3.63) is 11.6 Å². The van der Waals surface area contributed by atoms with Gasteiger partial charge in [0.15, 0.2) is 0 Å². The first kappa shape index (κ1) is 47.9. The minimum atomic E-state index is -5.26. The number of phosphoric acid groups is 1. The third-order valence-electron chi connectivity index (χ3n) is 16.0. The second-order valence-corrected chi connectivity index (χ2v) is 21.2. The topological polar surface area (TPSA) is 134 Å². The molecule has 4 aliphatic rings. The summed E-state index contributed by atoms with van der Waals surface area (Å²) in [5, 5.41) is 21.4. The highest BCUT2D eigenvalue weighted by Crippen LogP contribution is 2.68. The van der Waals surface area contributed by atoms with Gasteiger partial charge in [0.25, 0.3) is 0 Å². The third kappa shape index (κ3) is 12.0. The van der Waals surface area contributed by atoms with Gasteiger partial charge in [0.1, 0.15) is 6.10 Å². The average Bonchev–Trinajstić information content (AvgIpc) is 3.50. The van der Waals surface area contributed by atoms with Crippen LogP contribution in [0.1, 0.15) is 202 Å². The fourth-order valence-electron chi connectivity index (χ4n) is 12.8. The fourth-order valence-corrected chi connectivity index (χ4v) is 13.6. The van der Waals surface area contributed by atoms with Gasteiger partial charge >= 0.3 is 13.8 Å². The fraction of sp³-hybridized carbons (Fsp3) is 0.936. The number of aliphatic hydroxyl groups excluding tert-OH is 1. The molecule has 8 nitrogen and oxygen atoms in total. The molecule has 0 aromatic rings. The van der Waals surface area contributed by atoms with E-state index in [2.05, 4.69) is 47.6 Å². The molecule has 0 spiro atoms. The molecule has 0 heterocycles. The smallest absolute Gasteiger partial charge is 0.470 e. The van der Waals surface area contributed by atoms with Gasteiger partial charge in [-0.1, -0.05) is 156 Å². The van der Waals surface area contributed by atoms with Gasteiger partial charge in [-0.25, -0.2) is 9.36 Å². The molecule has 0 radical (unpaired) electrons. The Morgan fingerprint density at radius 2 is 1.45 bits per heavy atom. The van der Waals surface area contributed by atoms with E-state index in [9.17, 15) is 29.4 Å². The van der Waals surface area contributed by atoms with Crippen molar-refractivity contribution < 1.29 is 38.6 Å². The Bertz CT molecular complexity index is 1260. The van der Waals surface area contributed by atoms with Gasteiger partial charge in [-0.2, -0.15) is 0 Å². The predicted octanol–water partition coefficient (Wildman–Crippen LogP) is 12.4. The second-order valence-electron chi connectivity index (χ2n) is 20.0. The van der Waals surface area contributed by atoms with Crippen LogP contribution >= 0.6 is 7.82 Å². The molecule has 0 amide bonds. The summed E-state index contributed by atoms with van der Waals surface area (Å²) in [6.07, 6.45) is 29.5. The molecule has 0 aromatic carbocycles. The number of hydrogen-bond donors (Lipinski definition) is 4. The zero-order valence-electron chi connectivity index (χ0n) is 36.7. The highest BCUT2D eigenvalue weighted by Gasteiger charge is 2.63. The van der Waals surface area contributed by atoms with Crippen molar-refractivity contribution in [3.8, 4) is 0 Å². The molecule has 4 rings (SSSR count). The minimum absolute atomic E-state index is 0.0854. The van der Waals surface area contributed by atoms with E-state index in [4.69, 9.17) is 9.26 Å². The number of hydrogen-bond acceptors (Lipinski definition) is 5. The van der Waals surface area contributed by atoms with Crippen LogP contribution in [0.25, 0.3) is 0 Å². The van der Waals surface area contributed by atoms with Gasteiger partial charge in [0, 0.05) is 12.5 Å². The summed E-state index contributed by atoms with van der Waals surface area (Å²) in [6.45, 7) is 13.9. The number of aliphatic carboxylic acids is 1. The van der Waals surface area contributed by atoms with Crippen molar-refractivity contribution >= 4 is 13.8 Å². The van der Waals surface area contributed by atoms with Crippen LogP contribution < -0.4 is 0 Å². The van der Waals surface area contributed by atoms with Gasteiger partial charge in [-0.05, 0) is 104 Å². The van der Waals surface area contributed by atoms with Crippen LogP contribution in [0.2, 0.25) is 0 Å². The molecule has 0 saturated heterocycles. The van der Waals surface area contributed by atoms with Crippen LogP contribution in [0.15, 0.2) is 11.6 Å².